The highest BCUT2D eigenvalue weighted by Gasteiger charge is 2.35. The molecule has 5 nitrogen and oxygen atoms in total. The molecule has 1 aliphatic heterocycles. The molecule has 0 saturated carbocycles. The number of carbonyl (C=O) groups excluding carboxylic acids is 1. The molecule has 0 spiro atoms. The Morgan fingerprint density at radius 3 is 2.66 bits per heavy atom. The van der Waals surface area contributed by atoms with E-state index in [1.807, 2.05) is 47.4 Å². The normalized spacial score (nSPS) is 15.8. The van der Waals surface area contributed by atoms with Crippen molar-refractivity contribution in [2.24, 2.45) is 0 Å². The quantitative estimate of drug-likeness (QED) is 0.235. The molecule has 1 amide bonds. The fraction of sp³-hybridized carbons (Fsp3) is 0.310. The number of ether oxygens (including phenoxy) is 1. The average molecular weight is 532 g/mol. The van der Waals surface area contributed by atoms with Crippen LogP contribution in [0.5, 0.6) is 5.75 Å². The molecule has 180 valence electrons. The van der Waals surface area contributed by atoms with Crippen molar-refractivity contribution < 1.29 is 9.53 Å². The van der Waals surface area contributed by atoms with Crippen molar-refractivity contribution in [3.05, 3.63) is 88.2 Å². The molecular weight excluding hydrogens is 502 g/mol. The Morgan fingerprint density at radius 2 is 1.80 bits per heavy atom. The van der Waals surface area contributed by atoms with Gasteiger partial charge in [0.05, 0.1) is 23.3 Å². The third-order valence-electron chi connectivity index (χ3n) is 6.91. The Hall–Kier alpha value is -3.12. The molecule has 2 heterocycles. The summed E-state index contributed by atoms with van der Waals surface area (Å²) in [5.41, 5.74) is 5.49. The molecule has 4 aromatic rings. The fourth-order valence-electron chi connectivity index (χ4n) is 4.86. The highest BCUT2D eigenvalue weighted by Crippen LogP contribution is 2.36. The van der Waals surface area contributed by atoms with Gasteiger partial charge in [0, 0.05) is 29.9 Å². The predicted molar refractivity (Wildman–Crippen MR) is 144 cm³/mol. The van der Waals surface area contributed by atoms with Gasteiger partial charge in [0.1, 0.15) is 11.6 Å². The van der Waals surface area contributed by atoms with Gasteiger partial charge < -0.3 is 14.2 Å². The van der Waals surface area contributed by atoms with Gasteiger partial charge in [0.15, 0.2) is 0 Å². The van der Waals surface area contributed by atoms with Gasteiger partial charge in [-0.05, 0) is 84.1 Å². The number of nitrogens with zero attached hydrogens (tertiary/aromatic N) is 3. The van der Waals surface area contributed by atoms with Gasteiger partial charge in [-0.1, -0.05) is 36.4 Å². The number of para-hydroxylation sites is 3. The summed E-state index contributed by atoms with van der Waals surface area (Å²) in [6, 6.07) is 22.4. The molecule has 6 heteroatoms. The summed E-state index contributed by atoms with van der Waals surface area (Å²) in [5, 5.41) is 0. The van der Waals surface area contributed by atoms with Gasteiger partial charge in [-0.3, -0.25) is 4.79 Å². The number of aromatic nitrogens is 2. The number of benzene rings is 3. The van der Waals surface area contributed by atoms with Crippen molar-refractivity contribution >= 4 is 38.6 Å². The van der Waals surface area contributed by atoms with E-state index in [9.17, 15) is 4.79 Å². The van der Waals surface area contributed by atoms with E-state index in [-0.39, 0.29) is 11.8 Å². The predicted octanol–water partition coefficient (Wildman–Crippen LogP) is 6.80. The third kappa shape index (κ3) is 4.85. The van der Waals surface area contributed by atoms with Gasteiger partial charge in [0.2, 0.25) is 5.91 Å². The van der Waals surface area contributed by atoms with Gasteiger partial charge in [-0.15, -0.1) is 0 Å². The highest BCUT2D eigenvalue weighted by molar-refractivity contribution is 9.10. The summed E-state index contributed by atoms with van der Waals surface area (Å²) in [6.45, 7) is 6.39. The fourth-order valence-corrected chi connectivity index (χ4v) is 5.36. The van der Waals surface area contributed by atoms with E-state index in [2.05, 4.69) is 58.6 Å². The van der Waals surface area contributed by atoms with Crippen molar-refractivity contribution in [1.29, 1.82) is 0 Å². The van der Waals surface area contributed by atoms with E-state index in [1.54, 1.807) is 0 Å². The second-order valence-electron chi connectivity index (χ2n) is 9.22. The Labute approximate surface area is 214 Å². The van der Waals surface area contributed by atoms with Crippen molar-refractivity contribution in [2.45, 2.75) is 45.6 Å². The Balaban J connectivity index is 1.30. The molecule has 1 aliphatic rings. The third-order valence-corrected chi connectivity index (χ3v) is 7.58. The Bertz CT molecular complexity index is 1360. The number of hydrogen-bond acceptors (Lipinski definition) is 3. The highest BCUT2D eigenvalue weighted by atomic mass is 79.9. The number of halogens is 1. The zero-order valence-corrected chi connectivity index (χ0v) is 21.8. The molecule has 1 atom stereocenters. The molecule has 0 aliphatic carbocycles. The number of amides is 1. The monoisotopic (exact) mass is 531 g/mol. The molecule has 1 fully saturated rings. The van der Waals surface area contributed by atoms with E-state index in [4.69, 9.17) is 9.72 Å². The second kappa shape index (κ2) is 10.2. The number of imidazole rings is 1. The summed E-state index contributed by atoms with van der Waals surface area (Å²) in [4.78, 5) is 19.8. The number of carbonyl (C=O) groups is 1. The molecule has 5 rings (SSSR count). The number of fused-ring (bicyclic) bond motifs is 1. The first-order valence-electron chi connectivity index (χ1n) is 12.2. The minimum atomic E-state index is 0.0631. The molecular formula is C29H30BrN3O2. The first kappa shape index (κ1) is 23.6. The van der Waals surface area contributed by atoms with Gasteiger partial charge in [-0.25, -0.2) is 4.98 Å². The van der Waals surface area contributed by atoms with Crippen LogP contribution in [-0.4, -0.2) is 28.6 Å². The van der Waals surface area contributed by atoms with Gasteiger partial charge in [-0.2, -0.15) is 0 Å². The summed E-state index contributed by atoms with van der Waals surface area (Å²) >= 11 is 3.60. The molecule has 3 aromatic carbocycles. The second-order valence-corrected chi connectivity index (χ2v) is 10.1. The molecule has 35 heavy (non-hydrogen) atoms. The maximum Gasteiger partial charge on any atom is 0.227 e. The van der Waals surface area contributed by atoms with E-state index in [1.165, 1.54) is 11.1 Å². The van der Waals surface area contributed by atoms with Crippen LogP contribution in [-0.2, 0) is 11.3 Å². The minimum Gasteiger partial charge on any atom is -0.493 e. The zero-order chi connectivity index (χ0) is 24.4. The molecule has 1 unspecified atom stereocenters. The van der Waals surface area contributed by atoms with Crippen LogP contribution in [0.4, 0.5) is 5.69 Å². The van der Waals surface area contributed by atoms with Crippen LogP contribution in [0.3, 0.4) is 0 Å². The topological polar surface area (TPSA) is 47.4 Å². The van der Waals surface area contributed by atoms with E-state index < -0.39 is 0 Å². The molecule has 0 N–H and O–H groups in total. The first-order chi connectivity index (χ1) is 17.0. The van der Waals surface area contributed by atoms with Gasteiger partial charge in [0.25, 0.3) is 0 Å². The lowest BCUT2D eigenvalue weighted by Gasteiger charge is -2.19. The minimum absolute atomic E-state index is 0.0631. The first-order valence-corrected chi connectivity index (χ1v) is 13.0. The van der Waals surface area contributed by atoms with Crippen molar-refractivity contribution in [1.82, 2.24) is 9.55 Å². The molecule has 1 saturated heterocycles. The SMILES string of the molecule is Cc1cccc(OCCCCn2c(C3CC(=O)N(c4ccccc4Br)C3)nc3ccccc32)c1C. The summed E-state index contributed by atoms with van der Waals surface area (Å²) in [6.07, 6.45) is 2.40. The van der Waals surface area contributed by atoms with Crippen molar-refractivity contribution in [2.75, 3.05) is 18.1 Å². The molecule has 1 aromatic heterocycles. The van der Waals surface area contributed by atoms with Crippen molar-refractivity contribution in [3.8, 4) is 5.75 Å². The number of anilines is 1. The van der Waals surface area contributed by atoms with Crippen LogP contribution >= 0.6 is 15.9 Å². The van der Waals surface area contributed by atoms with E-state index in [0.717, 1.165) is 52.2 Å². The molecule has 0 bridgehead atoms. The lowest BCUT2D eigenvalue weighted by atomic mass is 10.1. The lowest BCUT2D eigenvalue weighted by molar-refractivity contribution is -0.117. The Morgan fingerprint density at radius 1 is 1.00 bits per heavy atom. The van der Waals surface area contributed by atoms with E-state index >= 15 is 0 Å². The summed E-state index contributed by atoms with van der Waals surface area (Å²) in [7, 11) is 0. The number of hydrogen-bond donors (Lipinski definition) is 0. The maximum atomic E-state index is 13.0. The van der Waals surface area contributed by atoms with Crippen LogP contribution in [0.2, 0.25) is 0 Å². The average Bonchev–Trinajstić information content (AvgIpc) is 3.42. The maximum absolute atomic E-state index is 13.0. The van der Waals surface area contributed by atoms with Gasteiger partial charge >= 0.3 is 0 Å². The standard InChI is InChI=1S/C29H30BrN3O2/c1-20-10-9-15-27(21(20)2)35-17-8-7-16-32-26-14-6-4-12-24(26)31-29(32)22-18-28(34)33(19-22)25-13-5-3-11-23(25)30/h3-6,9-15,22H,7-8,16-19H2,1-2H3. The number of aryl methyl sites for hydroxylation is 2. The lowest BCUT2D eigenvalue weighted by Crippen LogP contribution is -2.25. The number of unbranched alkanes of at least 4 members (excludes halogenated alkanes) is 1. The van der Waals surface area contributed by atoms with Crippen molar-refractivity contribution in [3.63, 3.8) is 0 Å². The molecule has 0 radical (unpaired) electrons. The van der Waals surface area contributed by atoms with Crippen LogP contribution in [0, 0.1) is 13.8 Å². The van der Waals surface area contributed by atoms with Crippen LogP contribution in [0.1, 0.15) is 42.1 Å². The number of rotatable bonds is 8. The summed E-state index contributed by atoms with van der Waals surface area (Å²) < 4.78 is 9.31. The Kier molecular flexibility index (Phi) is 6.91. The summed E-state index contributed by atoms with van der Waals surface area (Å²) in [5.74, 6) is 2.18. The van der Waals surface area contributed by atoms with Crippen LogP contribution in [0.25, 0.3) is 11.0 Å². The van der Waals surface area contributed by atoms with Crippen LogP contribution in [0.15, 0.2) is 71.2 Å². The smallest absolute Gasteiger partial charge is 0.227 e. The van der Waals surface area contributed by atoms with E-state index in [0.29, 0.717) is 19.6 Å². The van der Waals surface area contributed by atoms with Crippen LogP contribution < -0.4 is 9.64 Å². The zero-order valence-electron chi connectivity index (χ0n) is 20.2. The largest absolute Gasteiger partial charge is 0.493 e.